The van der Waals surface area contributed by atoms with Crippen LogP contribution in [-0.2, 0) is 21.8 Å². The van der Waals surface area contributed by atoms with Crippen LogP contribution in [0.2, 0.25) is 0 Å². The summed E-state index contributed by atoms with van der Waals surface area (Å²) in [6.07, 6.45) is 1.71. The Morgan fingerprint density at radius 3 is 2.13 bits per heavy atom. The molecule has 0 heterocycles. The zero-order valence-corrected chi connectivity index (χ0v) is 10.8. The van der Waals surface area contributed by atoms with Crippen molar-refractivity contribution in [2.75, 3.05) is 6.61 Å². The molecule has 0 aliphatic carbocycles. The summed E-state index contributed by atoms with van der Waals surface area (Å²) < 4.78 is 4.66. The maximum atomic E-state index is 10.7. The van der Waals surface area contributed by atoms with Gasteiger partial charge in [0, 0.05) is 18.9 Å². The number of allylic oxidation sites excluding steroid dienone is 1. The van der Waals surface area contributed by atoms with Crippen LogP contribution in [0.4, 0.5) is 0 Å². The van der Waals surface area contributed by atoms with E-state index in [4.69, 9.17) is 11.8 Å². The average molecular weight is 252 g/mol. The van der Waals surface area contributed by atoms with Crippen molar-refractivity contribution in [3.63, 3.8) is 0 Å². The minimum Gasteiger partial charge on any atom is -0.608 e. The van der Waals surface area contributed by atoms with Gasteiger partial charge in [-0.05, 0) is 18.1 Å². The monoisotopic (exact) mass is 251 g/mol. The fourth-order valence-corrected chi connectivity index (χ4v) is 0.448. The molecular formula is C10H15CuLiNO2. The predicted octanol–water partition coefficient (Wildman–Crippen LogP) is 1.14. The summed E-state index contributed by atoms with van der Waals surface area (Å²) in [4.78, 5) is 0. The largest absolute Gasteiger partial charge is 2.00 e. The molecule has 0 fully saturated rings. The van der Waals surface area contributed by atoms with Gasteiger partial charge in [0.05, 0.1) is 5.95 Å². The van der Waals surface area contributed by atoms with E-state index in [1.165, 1.54) is 0 Å². The van der Waals surface area contributed by atoms with Crippen LogP contribution >= 0.6 is 0 Å². The first-order valence-corrected chi connectivity index (χ1v) is 3.95. The number of nitrogens with zero attached hydrogens (tertiary/aromatic N) is 1. The molecule has 0 aromatic rings. The van der Waals surface area contributed by atoms with Crippen LogP contribution in [0.15, 0.2) is 17.8 Å². The second-order valence-electron chi connectivity index (χ2n) is 3.38. The summed E-state index contributed by atoms with van der Waals surface area (Å²) >= 11 is 0. The smallest absolute Gasteiger partial charge is 0.608 e. The van der Waals surface area contributed by atoms with Gasteiger partial charge in [-0.1, -0.05) is 27.7 Å². The molecule has 15 heavy (non-hydrogen) atoms. The molecule has 0 N–H and O–H groups in total. The molecule has 0 unspecified atom stereocenters. The van der Waals surface area contributed by atoms with Gasteiger partial charge in [-0.25, -0.2) is 0 Å². The Kier molecular flexibility index (Phi) is 22.1. The third-order valence-electron chi connectivity index (χ3n) is 0.898. The minimum absolute atomic E-state index is 0. The van der Waals surface area contributed by atoms with Gasteiger partial charge >= 0.3 is 17.1 Å². The van der Waals surface area contributed by atoms with Crippen LogP contribution in [0.3, 0.4) is 0 Å². The molecule has 0 amide bonds. The molecule has 2 radical (unpaired) electrons. The van der Waals surface area contributed by atoms with Gasteiger partial charge in [-0.15, -0.1) is 5.73 Å². The molecule has 0 aromatic heterocycles. The van der Waals surface area contributed by atoms with E-state index in [2.05, 4.69) is 10.5 Å². The number of hydrogen-bond donors (Lipinski definition) is 0. The SMILES string of the molecule is CCOC([O-])=C=CC(C)(C)C.[C-]#N.[Cu+2].[Li]. The predicted molar refractivity (Wildman–Crippen MR) is 53.4 cm³/mol. The summed E-state index contributed by atoms with van der Waals surface area (Å²) in [7, 11) is 0. The fraction of sp³-hybridized carbons (Fsp3) is 0.600. The molecule has 5 heteroatoms. The van der Waals surface area contributed by atoms with Gasteiger partial charge in [-0.2, -0.15) is 0 Å². The van der Waals surface area contributed by atoms with Crippen LogP contribution in [0.5, 0.6) is 0 Å². The normalized spacial score (nSPS) is 7.60. The summed E-state index contributed by atoms with van der Waals surface area (Å²) in [6.45, 7) is 12.9. The third kappa shape index (κ3) is 24.8. The van der Waals surface area contributed by atoms with Crippen LogP contribution in [-0.4, -0.2) is 25.5 Å². The van der Waals surface area contributed by atoms with Crippen molar-refractivity contribution in [1.29, 1.82) is 5.26 Å². The average Bonchev–Trinajstić information content (AvgIpc) is 2.04. The topological polar surface area (TPSA) is 56.1 Å². The minimum atomic E-state index is -0.387. The summed E-state index contributed by atoms with van der Waals surface area (Å²) in [5.41, 5.74) is 2.53. The van der Waals surface area contributed by atoms with Crippen LogP contribution in [0.1, 0.15) is 27.7 Å². The molecule has 0 rings (SSSR count). The van der Waals surface area contributed by atoms with Gasteiger partial charge in [0.25, 0.3) is 0 Å². The van der Waals surface area contributed by atoms with Crippen molar-refractivity contribution in [2.24, 2.45) is 5.41 Å². The Morgan fingerprint density at radius 2 is 1.87 bits per heavy atom. The molecule has 84 valence electrons. The summed E-state index contributed by atoms with van der Waals surface area (Å²) in [6, 6.07) is 0. The summed E-state index contributed by atoms with van der Waals surface area (Å²) in [5, 5.41) is 17.0. The molecule has 0 aromatic carbocycles. The molecule has 0 atom stereocenters. The van der Waals surface area contributed by atoms with Crippen molar-refractivity contribution in [3.8, 4) is 0 Å². The van der Waals surface area contributed by atoms with E-state index in [1.54, 1.807) is 13.0 Å². The van der Waals surface area contributed by atoms with Gasteiger partial charge in [-0.3, -0.25) is 0 Å². The van der Waals surface area contributed by atoms with Crippen molar-refractivity contribution in [3.05, 3.63) is 24.3 Å². The second kappa shape index (κ2) is 13.7. The van der Waals surface area contributed by atoms with Crippen molar-refractivity contribution < 1.29 is 26.9 Å². The van der Waals surface area contributed by atoms with Crippen LogP contribution in [0.25, 0.3) is 0 Å². The van der Waals surface area contributed by atoms with E-state index in [-0.39, 0.29) is 47.3 Å². The Labute approximate surface area is 115 Å². The molecule has 0 saturated heterocycles. The summed E-state index contributed by atoms with van der Waals surface area (Å²) in [5.74, 6) is -0.387. The first-order valence-electron chi connectivity index (χ1n) is 3.95. The number of hydrogen-bond acceptors (Lipinski definition) is 3. The van der Waals surface area contributed by atoms with Gasteiger partial charge < -0.3 is 21.7 Å². The Balaban J connectivity index is -0.000000142. The van der Waals surface area contributed by atoms with Crippen molar-refractivity contribution >= 4 is 18.9 Å². The first kappa shape index (κ1) is 24.1. The van der Waals surface area contributed by atoms with Gasteiger partial charge in [0.1, 0.15) is 0 Å². The molecule has 3 nitrogen and oxygen atoms in total. The fourth-order valence-electron chi connectivity index (χ4n) is 0.448. The molecule has 0 saturated carbocycles. The van der Waals surface area contributed by atoms with Gasteiger partial charge in [0.15, 0.2) is 0 Å². The molecule has 0 bridgehead atoms. The van der Waals surface area contributed by atoms with E-state index in [0.717, 1.165) is 0 Å². The molecular weight excluding hydrogens is 237 g/mol. The van der Waals surface area contributed by atoms with Crippen molar-refractivity contribution in [1.82, 2.24) is 0 Å². The molecule has 0 spiro atoms. The standard InChI is InChI=1S/C9H16O2.CN.Cu.Li/c1-5-11-8(10)6-7-9(2,3)4;1-2;;/h7,10H,5H2,1-4H3;;;/q;-1;+2;/p-1. The zero-order valence-electron chi connectivity index (χ0n) is 9.85. The Morgan fingerprint density at radius 1 is 1.47 bits per heavy atom. The van der Waals surface area contributed by atoms with Gasteiger partial charge in [0.2, 0.25) is 0 Å². The van der Waals surface area contributed by atoms with E-state index in [0.29, 0.717) is 6.61 Å². The van der Waals surface area contributed by atoms with E-state index >= 15 is 0 Å². The first-order chi connectivity index (χ1) is 5.95. The van der Waals surface area contributed by atoms with Crippen LogP contribution < -0.4 is 5.11 Å². The Bertz CT molecular complexity index is 215. The van der Waals surface area contributed by atoms with Crippen LogP contribution in [0, 0.1) is 17.2 Å². The third-order valence-corrected chi connectivity index (χ3v) is 0.898. The zero-order chi connectivity index (χ0) is 10.9. The number of ether oxygens (including phenoxy) is 1. The number of rotatable bonds is 2. The maximum Gasteiger partial charge on any atom is 2.00 e. The second-order valence-corrected chi connectivity index (χ2v) is 3.38. The quantitative estimate of drug-likeness (QED) is 0.320. The van der Waals surface area contributed by atoms with Crippen molar-refractivity contribution in [2.45, 2.75) is 27.7 Å². The molecule has 0 aliphatic heterocycles. The maximum absolute atomic E-state index is 10.7. The van der Waals surface area contributed by atoms with E-state index in [9.17, 15) is 5.11 Å². The molecule has 0 aliphatic rings. The Hall–Kier alpha value is -0.273. The van der Waals surface area contributed by atoms with E-state index < -0.39 is 0 Å². The van der Waals surface area contributed by atoms with E-state index in [1.807, 2.05) is 20.8 Å².